The van der Waals surface area contributed by atoms with Crippen molar-refractivity contribution in [2.24, 2.45) is 0 Å². The summed E-state index contributed by atoms with van der Waals surface area (Å²) in [4.78, 5) is 29.5. The Kier molecular flexibility index (Phi) is 7.21. The molecule has 2 N–H and O–H groups in total. The lowest BCUT2D eigenvalue weighted by Crippen LogP contribution is -2.29. The van der Waals surface area contributed by atoms with E-state index in [2.05, 4.69) is 10.2 Å². The quantitative estimate of drug-likeness (QED) is 0.507. The van der Waals surface area contributed by atoms with Gasteiger partial charge < -0.3 is 10.1 Å². The standard InChI is InChI=1S/C18H19FN2O6S/c1-12-3-4-13(2)16(9-12)20-17(22)10-26-18(23)11-27-21-28(24,25)15-7-5-14(19)6-8-15/h3-9,21H,10-11H2,1-2H3,(H,20,22). The smallest absolute Gasteiger partial charge is 0.334 e. The molecule has 0 aliphatic carbocycles. The highest BCUT2D eigenvalue weighted by Crippen LogP contribution is 2.16. The molecular formula is C18H19FN2O6S. The van der Waals surface area contributed by atoms with E-state index < -0.39 is 40.9 Å². The van der Waals surface area contributed by atoms with E-state index in [9.17, 15) is 22.4 Å². The second-order valence-corrected chi connectivity index (χ2v) is 7.50. The van der Waals surface area contributed by atoms with E-state index in [4.69, 9.17) is 4.74 Å². The summed E-state index contributed by atoms with van der Waals surface area (Å²) in [6, 6.07) is 9.54. The highest BCUT2D eigenvalue weighted by atomic mass is 32.2. The van der Waals surface area contributed by atoms with E-state index >= 15 is 0 Å². The van der Waals surface area contributed by atoms with Crippen molar-refractivity contribution in [2.45, 2.75) is 18.7 Å². The third kappa shape index (κ3) is 6.41. The van der Waals surface area contributed by atoms with Gasteiger partial charge >= 0.3 is 5.97 Å². The lowest BCUT2D eigenvalue weighted by Gasteiger charge is -2.10. The molecular weight excluding hydrogens is 391 g/mol. The number of benzene rings is 2. The monoisotopic (exact) mass is 410 g/mol. The number of rotatable bonds is 8. The average Bonchev–Trinajstić information content (AvgIpc) is 2.63. The maximum Gasteiger partial charge on any atom is 0.334 e. The summed E-state index contributed by atoms with van der Waals surface area (Å²) in [7, 11) is -4.08. The topological polar surface area (TPSA) is 111 Å². The first-order valence-corrected chi connectivity index (χ1v) is 9.57. The molecule has 0 aromatic heterocycles. The minimum Gasteiger partial charge on any atom is -0.454 e. The Morgan fingerprint density at radius 3 is 2.39 bits per heavy atom. The summed E-state index contributed by atoms with van der Waals surface area (Å²) in [5.41, 5.74) is 2.41. The van der Waals surface area contributed by atoms with Crippen LogP contribution in [0.2, 0.25) is 0 Å². The predicted molar refractivity (Wildman–Crippen MR) is 98.2 cm³/mol. The van der Waals surface area contributed by atoms with Crippen molar-refractivity contribution in [2.75, 3.05) is 18.5 Å². The Hall–Kier alpha value is -2.82. The number of halogens is 1. The minimum absolute atomic E-state index is 0.241. The Balaban J connectivity index is 1.75. The molecule has 8 nitrogen and oxygen atoms in total. The SMILES string of the molecule is Cc1ccc(C)c(NC(=O)COC(=O)CONS(=O)(=O)c2ccc(F)cc2)c1. The van der Waals surface area contributed by atoms with E-state index in [-0.39, 0.29) is 4.90 Å². The second kappa shape index (κ2) is 9.40. The Morgan fingerprint density at radius 1 is 1.04 bits per heavy atom. The van der Waals surface area contributed by atoms with Gasteiger partial charge in [0.15, 0.2) is 13.2 Å². The molecule has 0 atom stereocenters. The van der Waals surface area contributed by atoms with Crippen LogP contribution < -0.4 is 10.2 Å². The van der Waals surface area contributed by atoms with Gasteiger partial charge in [-0.3, -0.25) is 9.63 Å². The van der Waals surface area contributed by atoms with Crippen LogP contribution >= 0.6 is 0 Å². The van der Waals surface area contributed by atoms with Gasteiger partial charge in [-0.2, -0.15) is 0 Å². The average molecular weight is 410 g/mol. The Labute approximate surface area is 161 Å². The van der Waals surface area contributed by atoms with Gasteiger partial charge in [0, 0.05) is 5.69 Å². The van der Waals surface area contributed by atoms with E-state index in [1.54, 1.807) is 11.0 Å². The van der Waals surface area contributed by atoms with Crippen molar-refractivity contribution >= 4 is 27.6 Å². The first-order valence-electron chi connectivity index (χ1n) is 8.09. The van der Waals surface area contributed by atoms with Crippen LogP contribution in [0.15, 0.2) is 47.4 Å². The van der Waals surface area contributed by atoms with E-state index in [0.29, 0.717) is 5.69 Å². The summed E-state index contributed by atoms with van der Waals surface area (Å²) < 4.78 is 41.3. The molecule has 0 radical (unpaired) electrons. The van der Waals surface area contributed by atoms with Crippen LogP contribution in [0.5, 0.6) is 0 Å². The Morgan fingerprint density at radius 2 is 1.71 bits per heavy atom. The van der Waals surface area contributed by atoms with Crippen molar-refractivity contribution in [1.82, 2.24) is 4.89 Å². The van der Waals surface area contributed by atoms with E-state index in [1.807, 2.05) is 26.0 Å². The van der Waals surface area contributed by atoms with Crippen LogP contribution in [0.1, 0.15) is 11.1 Å². The van der Waals surface area contributed by atoms with Gasteiger partial charge in [-0.15, -0.1) is 0 Å². The molecule has 2 aromatic carbocycles. The molecule has 0 fully saturated rings. The van der Waals surface area contributed by atoms with Crippen LogP contribution in [0.25, 0.3) is 0 Å². The number of esters is 1. The molecule has 0 aliphatic rings. The van der Waals surface area contributed by atoms with Gasteiger partial charge in [-0.05, 0) is 55.3 Å². The van der Waals surface area contributed by atoms with Gasteiger partial charge in [0.25, 0.3) is 15.9 Å². The van der Waals surface area contributed by atoms with Gasteiger partial charge in [-0.1, -0.05) is 17.0 Å². The van der Waals surface area contributed by atoms with Crippen LogP contribution in [0, 0.1) is 19.7 Å². The largest absolute Gasteiger partial charge is 0.454 e. The number of ether oxygens (including phenoxy) is 1. The molecule has 0 heterocycles. The third-order valence-corrected chi connectivity index (χ3v) is 4.74. The summed E-state index contributed by atoms with van der Waals surface area (Å²) in [6.45, 7) is 2.39. The number of nitrogens with one attached hydrogen (secondary N) is 2. The van der Waals surface area contributed by atoms with Gasteiger partial charge in [0.1, 0.15) is 5.82 Å². The van der Waals surface area contributed by atoms with Crippen molar-refractivity contribution in [3.05, 3.63) is 59.4 Å². The zero-order valence-corrected chi connectivity index (χ0v) is 16.0. The fourth-order valence-electron chi connectivity index (χ4n) is 2.07. The normalized spacial score (nSPS) is 11.1. The van der Waals surface area contributed by atoms with Crippen LogP contribution in [0.3, 0.4) is 0 Å². The zero-order chi connectivity index (χ0) is 20.7. The van der Waals surface area contributed by atoms with Crippen LogP contribution in [-0.4, -0.2) is 33.5 Å². The molecule has 2 rings (SSSR count). The molecule has 0 bridgehead atoms. The van der Waals surface area contributed by atoms with Crippen molar-refractivity contribution < 1.29 is 32.0 Å². The first-order chi connectivity index (χ1) is 13.2. The fraction of sp³-hybridized carbons (Fsp3) is 0.222. The highest BCUT2D eigenvalue weighted by molar-refractivity contribution is 7.89. The van der Waals surface area contributed by atoms with Crippen molar-refractivity contribution in [1.29, 1.82) is 0 Å². The lowest BCUT2D eigenvalue weighted by atomic mass is 10.1. The third-order valence-electron chi connectivity index (χ3n) is 3.51. The van der Waals surface area contributed by atoms with Crippen LogP contribution in [0.4, 0.5) is 10.1 Å². The van der Waals surface area contributed by atoms with Gasteiger partial charge in [-0.25, -0.2) is 17.6 Å². The van der Waals surface area contributed by atoms with Crippen molar-refractivity contribution in [3.63, 3.8) is 0 Å². The summed E-state index contributed by atoms with van der Waals surface area (Å²) >= 11 is 0. The number of sulfonamides is 1. The molecule has 2 aromatic rings. The molecule has 1 amide bonds. The number of carbonyl (C=O) groups is 2. The summed E-state index contributed by atoms with van der Waals surface area (Å²) in [5, 5.41) is 2.61. The van der Waals surface area contributed by atoms with E-state index in [0.717, 1.165) is 35.4 Å². The van der Waals surface area contributed by atoms with Crippen molar-refractivity contribution in [3.8, 4) is 0 Å². The molecule has 0 unspecified atom stereocenters. The molecule has 0 aliphatic heterocycles. The number of aryl methyl sites for hydroxylation is 2. The summed E-state index contributed by atoms with van der Waals surface area (Å²) in [5.74, 6) is -2.09. The number of hydrogen-bond acceptors (Lipinski definition) is 6. The van der Waals surface area contributed by atoms with Gasteiger partial charge in [0.2, 0.25) is 0 Å². The summed E-state index contributed by atoms with van der Waals surface area (Å²) in [6.07, 6.45) is 0. The molecule has 150 valence electrons. The molecule has 0 saturated carbocycles. The number of carbonyl (C=O) groups excluding carboxylic acids is 2. The van der Waals surface area contributed by atoms with Gasteiger partial charge in [0.05, 0.1) is 4.90 Å². The first kappa shape index (κ1) is 21.5. The fourth-order valence-corrected chi connectivity index (χ4v) is 2.88. The second-order valence-electron chi connectivity index (χ2n) is 5.86. The highest BCUT2D eigenvalue weighted by Gasteiger charge is 2.16. The number of hydrogen-bond donors (Lipinski definition) is 2. The molecule has 28 heavy (non-hydrogen) atoms. The lowest BCUT2D eigenvalue weighted by molar-refractivity contribution is -0.152. The Bertz CT molecular complexity index is 961. The molecule has 10 heteroatoms. The predicted octanol–water partition coefficient (Wildman–Crippen LogP) is 1.83. The molecule has 0 spiro atoms. The zero-order valence-electron chi connectivity index (χ0n) is 15.2. The number of anilines is 1. The molecule has 0 saturated heterocycles. The minimum atomic E-state index is -4.08. The maximum absolute atomic E-state index is 12.8. The number of amides is 1. The van der Waals surface area contributed by atoms with E-state index in [1.165, 1.54) is 0 Å². The maximum atomic E-state index is 12.8. The van der Waals surface area contributed by atoms with Crippen LogP contribution in [-0.2, 0) is 29.2 Å².